The molecule has 0 radical (unpaired) electrons. The van der Waals surface area contributed by atoms with Gasteiger partial charge in [-0.2, -0.15) is 0 Å². The normalized spacial score (nSPS) is 10.6. The Hall–Kier alpha value is -2.24. The number of aliphatic carboxylic acids is 2. The van der Waals surface area contributed by atoms with E-state index >= 15 is 0 Å². The van der Waals surface area contributed by atoms with E-state index in [-0.39, 0.29) is 51.1 Å². The smallest absolute Gasteiger partial charge is 0.313 e. The Kier molecular flexibility index (Phi) is 25.0. The Morgan fingerprint density at radius 1 is 0.476 bits per heavy atom. The summed E-state index contributed by atoms with van der Waals surface area (Å²) in [4.78, 5) is 26.5. The van der Waals surface area contributed by atoms with E-state index < -0.39 is 11.9 Å². The second kappa shape index (κ2) is 26.4. The van der Waals surface area contributed by atoms with E-state index in [9.17, 15) is 9.59 Å². The van der Waals surface area contributed by atoms with Gasteiger partial charge in [-0.3, -0.25) is 19.4 Å². The molecule has 8 N–H and O–H groups in total. The molecule has 2 aromatic rings. The Morgan fingerprint density at radius 3 is 0.905 bits per heavy atom. The fourth-order valence-corrected chi connectivity index (χ4v) is 4.53. The van der Waals surface area contributed by atoms with Crippen LogP contribution < -0.4 is 0 Å². The Morgan fingerprint density at radius 2 is 0.714 bits per heavy atom. The lowest BCUT2D eigenvalue weighted by Crippen LogP contribution is -2.32. The number of benzene rings is 2. The topological polar surface area (TPSA) is 202 Å². The zero-order valence-electron chi connectivity index (χ0n) is 23.6. The van der Waals surface area contributed by atoms with Gasteiger partial charge < -0.3 is 40.9 Å². The van der Waals surface area contributed by atoms with Crippen LogP contribution in [-0.2, 0) is 9.59 Å². The molecule has 0 unspecified atom stereocenters. The molecule has 238 valence electrons. The summed E-state index contributed by atoms with van der Waals surface area (Å²) in [6, 6.07) is 15.4. The molecule has 42 heavy (non-hydrogen) atoms. The van der Waals surface area contributed by atoms with Crippen LogP contribution in [0.3, 0.4) is 0 Å². The second-order valence-electron chi connectivity index (χ2n) is 8.44. The highest BCUT2D eigenvalue weighted by Gasteiger charge is 2.04. The lowest BCUT2D eigenvalue weighted by Gasteiger charge is -2.17. The highest BCUT2D eigenvalue weighted by Crippen LogP contribution is 2.26. The van der Waals surface area contributed by atoms with Gasteiger partial charge >= 0.3 is 11.9 Å². The Bertz CT molecular complexity index is 847. The standard InChI is InChI=1S/C16H14O4S2.2C6H15NO3/c17-15(18)9-21-13-5-1-11(2-6-13)12-3-7-14(8-4-12)22-10-16(19)20;2*8-4-1-7(2-5-9)3-6-10/h1-8H,9-10H2,(H,17,18)(H,19,20);2*8-10H,1-6H2. The molecule has 0 bridgehead atoms. The highest BCUT2D eigenvalue weighted by atomic mass is 32.2. The number of carboxylic acids is 2. The van der Waals surface area contributed by atoms with E-state index in [1.54, 1.807) is 9.80 Å². The number of carbonyl (C=O) groups is 2. The third kappa shape index (κ3) is 20.6. The van der Waals surface area contributed by atoms with Gasteiger partial charge in [-0.05, 0) is 35.4 Å². The number of nitrogens with zero attached hydrogens (tertiary/aromatic N) is 2. The molecule has 2 rings (SSSR count). The van der Waals surface area contributed by atoms with Crippen molar-refractivity contribution in [1.82, 2.24) is 9.80 Å². The third-order valence-electron chi connectivity index (χ3n) is 5.26. The van der Waals surface area contributed by atoms with E-state index in [0.717, 1.165) is 20.9 Å². The molecule has 0 heterocycles. The number of hydrogen-bond donors (Lipinski definition) is 8. The van der Waals surface area contributed by atoms with E-state index in [4.69, 9.17) is 40.9 Å². The van der Waals surface area contributed by atoms with Crippen molar-refractivity contribution in [3.63, 3.8) is 0 Å². The maximum Gasteiger partial charge on any atom is 0.313 e. The van der Waals surface area contributed by atoms with Crippen LogP contribution in [0.5, 0.6) is 0 Å². The third-order valence-corrected chi connectivity index (χ3v) is 7.26. The minimum absolute atomic E-state index is 0.0504. The van der Waals surface area contributed by atoms with Crippen LogP contribution in [0.2, 0.25) is 0 Å². The maximum absolute atomic E-state index is 10.5. The van der Waals surface area contributed by atoms with Crippen molar-refractivity contribution in [3.8, 4) is 11.1 Å². The number of aliphatic hydroxyl groups is 6. The predicted molar refractivity (Wildman–Crippen MR) is 164 cm³/mol. The first kappa shape index (κ1) is 39.8. The van der Waals surface area contributed by atoms with Gasteiger partial charge in [0.2, 0.25) is 0 Å². The predicted octanol–water partition coefficient (Wildman–Crippen LogP) is 0.238. The van der Waals surface area contributed by atoms with Crippen LogP contribution in [0.4, 0.5) is 0 Å². The first-order chi connectivity index (χ1) is 20.2. The first-order valence-corrected chi connectivity index (χ1v) is 15.2. The Balaban J connectivity index is 0.000000702. The summed E-state index contributed by atoms with van der Waals surface area (Å²) in [6.07, 6.45) is 0. The van der Waals surface area contributed by atoms with E-state index in [1.807, 2.05) is 48.5 Å². The number of carboxylic acid groups (broad SMARTS) is 2. The van der Waals surface area contributed by atoms with Crippen LogP contribution in [-0.4, -0.2) is 153 Å². The van der Waals surface area contributed by atoms with Crippen molar-refractivity contribution in [3.05, 3.63) is 48.5 Å². The minimum atomic E-state index is -0.830. The van der Waals surface area contributed by atoms with Crippen LogP contribution in [0.1, 0.15) is 0 Å². The average molecular weight is 633 g/mol. The van der Waals surface area contributed by atoms with Crippen LogP contribution in [0.25, 0.3) is 11.1 Å². The molecular weight excluding hydrogens is 588 g/mol. The molecule has 14 heteroatoms. The fraction of sp³-hybridized carbons (Fsp3) is 0.500. The lowest BCUT2D eigenvalue weighted by atomic mass is 10.1. The van der Waals surface area contributed by atoms with Crippen LogP contribution in [0, 0.1) is 0 Å². The molecule has 0 aromatic heterocycles. The lowest BCUT2D eigenvalue weighted by molar-refractivity contribution is -0.134. The summed E-state index contributed by atoms with van der Waals surface area (Å²) in [5, 5.41) is 68.2. The SMILES string of the molecule is O=C(O)CSc1ccc(-c2ccc(SCC(=O)O)cc2)cc1.OCCN(CCO)CCO.OCCN(CCO)CCO. The van der Waals surface area contributed by atoms with Gasteiger partial charge in [0, 0.05) is 49.1 Å². The summed E-state index contributed by atoms with van der Waals surface area (Å²) < 4.78 is 0. The van der Waals surface area contributed by atoms with E-state index in [1.165, 1.54) is 23.5 Å². The van der Waals surface area contributed by atoms with Crippen molar-refractivity contribution in [2.24, 2.45) is 0 Å². The summed E-state index contributed by atoms with van der Waals surface area (Å²) in [5.74, 6) is -1.56. The van der Waals surface area contributed by atoms with Gasteiger partial charge in [0.1, 0.15) is 0 Å². The summed E-state index contributed by atoms with van der Waals surface area (Å²) in [5.41, 5.74) is 2.07. The van der Waals surface area contributed by atoms with Crippen molar-refractivity contribution >= 4 is 35.5 Å². The van der Waals surface area contributed by atoms with Gasteiger partial charge in [0.15, 0.2) is 0 Å². The molecule has 0 aliphatic carbocycles. The molecule has 0 atom stereocenters. The summed E-state index contributed by atoms with van der Waals surface area (Å²) >= 11 is 2.57. The van der Waals surface area contributed by atoms with Crippen molar-refractivity contribution in [2.75, 3.05) is 90.4 Å². The fourth-order valence-electron chi connectivity index (χ4n) is 3.30. The van der Waals surface area contributed by atoms with Gasteiger partial charge in [0.05, 0.1) is 51.1 Å². The van der Waals surface area contributed by atoms with Crippen LogP contribution in [0.15, 0.2) is 58.3 Å². The van der Waals surface area contributed by atoms with E-state index in [2.05, 4.69) is 0 Å². The number of aliphatic hydroxyl groups excluding tert-OH is 6. The van der Waals surface area contributed by atoms with Crippen molar-refractivity contribution in [2.45, 2.75) is 9.79 Å². The number of rotatable bonds is 19. The molecular formula is C28H44N2O10S2. The molecule has 0 spiro atoms. The van der Waals surface area contributed by atoms with Crippen molar-refractivity contribution < 1.29 is 50.4 Å². The van der Waals surface area contributed by atoms with Gasteiger partial charge in [-0.1, -0.05) is 24.3 Å². The number of thioether (sulfide) groups is 2. The van der Waals surface area contributed by atoms with Gasteiger partial charge in [-0.15, -0.1) is 23.5 Å². The molecule has 12 nitrogen and oxygen atoms in total. The second-order valence-corrected chi connectivity index (χ2v) is 10.5. The van der Waals surface area contributed by atoms with Crippen LogP contribution >= 0.6 is 23.5 Å². The van der Waals surface area contributed by atoms with Crippen molar-refractivity contribution in [1.29, 1.82) is 0 Å². The summed E-state index contributed by atoms with van der Waals surface area (Å²) in [7, 11) is 0. The van der Waals surface area contributed by atoms with E-state index in [0.29, 0.717) is 39.3 Å². The molecule has 0 saturated carbocycles. The molecule has 2 aromatic carbocycles. The maximum atomic E-state index is 10.5. The largest absolute Gasteiger partial charge is 0.481 e. The summed E-state index contributed by atoms with van der Waals surface area (Å²) in [6.45, 7) is 3.51. The minimum Gasteiger partial charge on any atom is -0.481 e. The number of hydrogen-bond acceptors (Lipinski definition) is 12. The molecule has 0 fully saturated rings. The van der Waals surface area contributed by atoms with Gasteiger partial charge in [-0.25, -0.2) is 0 Å². The monoisotopic (exact) mass is 632 g/mol. The Labute approximate surface area is 255 Å². The molecule has 0 amide bonds. The molecule has 0 saturated heterocycles. The van der Waals surface area contributed by atoms with Gasteiger partial charge in [0.25, 0.3) is 0 Å². The average Bonchev–Trinajstić information content (AvgIpc) is 2.97. The zero-order chi connectivity index (χ0) is 31.6. The zero-order valence-corrected chi connectivity index (χ0v) is 25.3. The highest BCUT2D eigenvalue weighted by molar-refractivity contribution is 8.00. The molecule has 0 aliphatic heterocycles. The molecule has 0 aliphatic rings. The quantitative estimate of drug-likeness (QED) is 0.0979. The first-order valence-electron chi connectivity index (χ1n) is 13.2.